The van der Waals surface area contributed by atoms with E-state index < -0.39 is 11.5 Å². The Morgan fingerprint density at radius 2 is 2.17 bits per heavy atom. The van der Waals surface area contributed by atoms with Gasteiger partial charge in [0.15, 0.2) is 0 Å². The Hall–Kier alpha value is -0.610. The Balaban J connectivity index is 2.69. The molecular weight excluding hydrogens is 228 g/mol. The number of carbonyl (C=O) groups is 1. The fourth-order valence-corrected chi connectivity index (χ4v) is 3.11. The predicted octanol–water partition coefficient (Wildman–Crippen LogP) is 1.95. The first-order valence-electron chi connectivity index (χ1n) is 7.17. The van der Waals surface area contributed by atoms with Crippen LogP contribution in [-0.2, 0) is 4.79 Å². The first-order valence-corrected chi connectivity index (χ1v) is 7.17. The molecule has 2 N–H and O–H groups in total. The lowest BCUT2D eigenvalue weighted by Crippen LogP contribution is -2.51. The van der Waals surface area contributed by atoms with E-state index in [4.69, 9.17) is 0 Å². The van der Waals surface area contributed by atoms with E-state index in [2.05, 4.69) is 31.0 Å². The lowest BCUT2D eigenvalue weighted by Gasteiger charge is -2.31. The van der Waals surface area contributed by atoms with Gasteiger partial charge in [0.25, 0.3) is 0 Å². The van der Waals surface area contributed by atoms with Crippen molar-refractivity contribution in [3.63, 3.8) is 0 Å². The number of hydrogen-bond acceptors (Lipinski definition) is 3. The molecule has 0 aliphatic heterocycles. The van der Waals surface area contributed by atoms with E-state index in [9.17, 15) is 9.90 Å². The highest BCUT2D eigenvalue weighted by atomic mass is 16.4. The summed E-state index contributed by atoms with van der Waals surface area (Å²) in [5.41, 5.74) is -0.691. The lowest BCUT2D eigenvalue weighted by atomic mass is 9.97. The topological polar surface area (TPSA) is 52.6 Å². The van der Waals surface area contributed by atoms with Crippen LogP contribution in [0.2, 0.25) is 0 Å². The van der Waals surface area contributed by atoms with Crippen molar-refractivity contribution in [1.29, 1.82) is 0 Å². The Morgan fingerprint density at radius 1 is 1.50 bits per heavy atom. The molecule has 1 fully saturated rings. The molecule has 0 aromatic heterocycles. The number of carboxylic acids is 1. The van der Waals surface area contributed by atoms with Crippen LogP contribution in [0.15, 0.2) is 0 Å². The van der Waals surface area contributed by atoms with Crippen molar-refractivity contribution < 1.29 is 9.90 Å². The van der Waals surface area contributed by atoms with Crippen LogP contribution < -0.4 is 5.32 Å². The maximum Gasteiger partial charge on any atom is 0.323 e. The van der Waals surface area contributed by atoms with E-state index >= 15 is 0 Å². The van der Waals surface area contributed by atoms with Crippen molar-refractivity contribution in [3.05, 3.63) is 0 Å². The Kier molecular flexibility index (Phi) is 5.60. The van der Waals surface area contributed by atoms with Crippen molar-refractivity contribution in [2.75, 3.05) is 19.6 Å². The summed E-state index contributed by atoms with van der Waals surface area (Å²) < 4.78 is 0. The molecule has 0 heterocycles. The van der Waals surface area contributed by atoms with Gasteiger partial charge in [0.2, 0.25) is 0 Å². The standard InChI is InChI=1S/C14H28N2O2/c1-5-15-14(13(17)18)8-7-12(9-14)16(6-2)10-11(3)4/h11-12,15H,5-10H2,1-4H3,(H,17,18). The van der Waals surface area contributed by atoms with Gasteiger partial charge in [-0.25, -0.2) is 0 Å². The molecule has 1 aliphatic carbocycles. The van der Waals surface area contributed by atoms with Crippen molar-refractivity contribution in [2.45, 2.75) is 58.5 Å². The molecule has 0 amide bonds. The van der Waals surface area contributed by atoms with E-state index in [0.29, 0.717) is 12.0 Å². The summed E-state index contributed by atoms with van der Waals surface area (Å²) in [6.07, 6.45) is 2.46. The molecule has 4 heteroatoms. The van der Waals surface area contributed by atoms with Crippen LogP contribution in [-0.4, -0.2) is 47.2 Å². The van der Waals surface area contributed by atoms with Crippen LogP contribution in [0.3, 0.4) is 0 Å². The highest BCUT2D eigenvalue weighted by molar-refractivity contribution is 5.79. The third kappa shape index (κ3) is 3.45. The molecule has 2 unspecified atom stereocenters. The fourth-order valence-electron chi connectivity index (χ4n) is 3.11. The molecule has 0 bridgehead atoms. The lowest BCUT2D eigenvalue weighted by molar-refractivity contribution is -0.144. The Bertz CT molecular complexity index is 281. The second kappa shape index (κ2) is 6.53. The zero-order valence-electron chi connectivity index (χ0n) is 12.2. The van der Waals surface area contributed by atoms with E-state index in [0.717, 1.165) is 38.9 Å². The van der Waals surface area contributed by atoms with Gasteiger partial charge in [0, 0.05) is 12.6 Å². The maximum absolute atomic E-state index is 11.5. The average Bonchev–Trinajstić information content (AvgIpc) is 2.71. The smallest absolute Gasteiger partial charge is 0.323 e. The third-order valence-electron chi connectivity index (χ3n) is 3.94. The molecular formula is C14H28N2O2. The molecule has 0 aromatic rings. The van der Waals surface area contributed by atoms with Crippen LogP contribution in [0, 0.1) is 5.92 Å². The van der Waals surface area contributed by atoms with Crippen LogP contribution in [0.25, 0.3) is 0 Å². The number of nitrogens with zero attached hydrogens (tertiary/aromatic N) is 1. The van der Waals surface area contributed by atoms with Gasteiger partial charge in [0.05, 0.1) is 0 Å². The second-order valence-corrected chi connectivity index (χ2v) is 5.80. The molecule has 0 spiro atoms. The molecule has 18 heavy (non-hydrogen) atoms. The third-order valence-corrected chi connectivity index (χ3v) is 3.94. The van der Waals surface area contributed by atoms with Gasteiger partial charge >= 0.3 is 5.97 Å². The SMILES string of the molecule is CCNC1(C(=O)O)CCC(N(CC)CC(C)C)C1. The van der Waals surface area contributed by atoms with Gasteiger partial charge in [-0.15, -0.1) is 0 Å². The van der Waals surface area contributed by atoms with Gasteiger partial charge in [-0.3, -0.25) is 4.79 Å². The van der Waals surface area contributed by atoms with Crippen LogP contribution in [0.1, 0.15) is 47.0 Å². The quantitative estimate of drug-likeness (QED) is 0.731. The summed E-state index contributed by atoms with van der Waals surface area (Å²) in [6.45, 7) is 11.3. The van der Waals surface area contributed by atoms with Crippen molar-refractivity contribution in [3.8, 4) is 0 Å². The molecule has 1 saturated carbocycles. The number of hydrogen-bond donors (Lipinski definition) is 2. The Labute approximate surface area is 111 Å². The van der Waals surface area contributed by atoms with Crippen molar-refractivity contribution in [2.24, 2.45) is 5.92 Å². The summed E-state index contributed by atoms with van der Waals surface area (Å²) in [6, 6.07) is 0.410. The number of likely N-dealkylation sites (N-methyl/N-ethyl adjacent to an activating group) is 1. The molecule has 106 valence electrons. The van der Waals surface area contributed by atoms with Crippen molar-refractivity contribution in [1.82, 2.24) is 10.2 Å². The monoisotopic (exact) mass is 256 g/mol. The summed E-state index contributed by atoms with van der Waals surface area (Å²) in [7, 11) is 0. The summed E-state index contributed by atoms with van der Waals surface area (Å²) in [5, 5.41) is 12.7. The van der Waals surface area contributed by atoms with Gasteiger partial charge < -0.3 is 15.3 Å². The van der Waals surface area contributed by atoms with Gasteiger partial charge in [-0.05, 0) is 38.3 Å². The largest absolute Gasteiger partial charge is 0.480 e. The van der Waals surface area contributed by atoms with Crippen LogP contribution in [0.4, 0.5) is 0 Å². The Morgan fingerprint density at radius 3 is 2.61 bits per heavy atom. The molecule has 0 radical (unpaired) electrons. The van der Waals surface area contributed by atoms with Crippen LogP contribution >= 0.6 is 0 Å². The predicted molar refractivity (Wildman–Crippen MR) is 73.8 cm³/mol. The van der Waals surface area contributed by atoms with Gasteiger partial charge in [-0.1, -0.05) is 27.7 Å². The van der Waals surface area contributed by atoms with Gasteiger partial charge in [-0.2, -0.15) is 0 Å². The normalized spacial score (nSPS) is 28.2. The van der Waals surface area contributed by atoms with E-state index in [1.807, 2.05) is 6.92 Å². The average molecular weight is 256 g/mol. The number of aliphatic carboxylic acids is 1. The minimum absolute atomic E-state index is 0.410. The highest BCUT2D eigenvalue weighted by Gasteiger charge is 2.46. The summed E-state index contributed by atoms with van der Waals surface area (Å²) in [5.74, 6) is -0.0589. The maximum atomic E-state index is 11.5. The molecule has 1 rings (SSSR count). The zero-order valence-corrected chi connectivity index (χ0v) is 12.2. The first-order chi connectivity index (χ1) is 8.45. The molecule has 2 atom stereocenters. The first kappa shape index (κ1) is 15.4. The zero-order chi connectivity index (χ0) is 13.8. The molecule has 1 aliphatic rings. The summed E-state index contributed by atoms with van der Waals surface area (Å²) in [4.78, 5) is 13.9. The van der Waals surface area contributed by atoms with Crippen molar-refractivity contribution >= 4 is 5.97 Å². The number of rotatable bonds is 7. The van der Waals surface area contributed by atoms with Crippen LogP contribution in [0.5, 0.6) is 0 Å². The summed E-state index contributed by atoms with van der Waals surface area (Å²) >= 11 is 0. The van der Waals surface area contributed by atoms with E-state index in [1.165, 1.54) is 0 Å². The van der Waals surface area contributed by atoms with E-state index in [-0.39, 0.29) is 0 Å². The van der Waals surface area contributed by atoms with Gasteiger partial charge in [0.1, 0.15) is 5.54 Å². The molecule has 4 nitrogen and oxygen atoms in total. The second-order valence-electron chi connectivity index (χ2n) is 5.80. The number of carboxylic acid groups (broad SMARTS) is 1. The molecule has 0 aromatic carbocycles. The minimum atomic E-state index is -0.691. The fraction of sp³-hybridized carbons (Fsp3) is 0.929. The van der Waals surface area contributed by atoms with E-state index in [1.54, 1.807) is 0 Å². The number of nitrogens with one attached hydrogen (secondary N) is 1. The molecule has 0 saturated heterocycles. The minimum Gasteiger partial charge on any atom is -0.480 e. The highest BCUT2D eigenvalue weighted by Crippen LogP contribution is 2.33.